The van der Waals surface area contributed by atoms with Crippen LogP contribution in [0.3, 0.4) is 0 Å². The molecule has 0 bridgehead atoms. The number of fused-ring (bicyclic) bond motifs is 1. The summed E-state index contributed by atoms with van der Waals surface area (Å²) in [6.45, 7) is 0. The molecule has 0 spiro atoms. The maximum absolute atomic E-state index is 11.1. The molecule has 0 aliphatic rings. The smallest absolute Gasteiger partial charge is 0.298 e. The molecule has 0 unspecified atom stereocenters. The summed E-state index contributed by atoms with van der Waals surface area (Å²) < 4.78 is 31.2. The van der Waals surface area contributed by atoms with E-state index in [4.69, 9.17) is 16.0 Å². The van der Waals surface area contributed by atoms with Gasteiger partial charge < -0.3 is 11.5 Å². The van der Waals surface area contributed by atoms with Crippen LogP contribution in [-0.2, 0) is 10.1 Å². The Balaban J connectivity index is 2.98. The first-order valence-electron chi connectivity index (χ1n) is 4.45. The third kappa shape index (κ3) is 1.58. The highest BCUT2D eigenvalue weighted by atomic mass is 32.2. The van der Waals surface area contributed by atoms with Gasteiger partial charge in [-0.3, -0.25) is 4.55 Å². The lowest BCUT2D eigenvalue weighted by atomic mass is 10.1. The SMILES string of the molecule is Nc1cc2ccccc2c(N)c1S(=O)(=O)O. The summed E-state index contributed by atoms with van der Waals surface area (Å²) in [5, 5.41) is 1.27. The number of hydrogen-bond donors (Lipinski definition) is 3. The van der Waals surface area contributed by atoms with Crippen LogP contribution in [0.5, 0.6) is 0 Å². The van der Waals surface area contributed by atoms with Gasteiger partial charge >= 0.3 is 0 Å². The van der Waals surface area contributed by atoms with Crippen LogP contribution < -0.4 is 11.5 Å². The van der Waals surface area contributed by atoms with Crippen molar-refractivity contribution in [2.75, 3.05) is 11.5 Å². The van der Waals surface area contributed by atoms with E-state index in [0.717, 1.165) is 5.39 Å². The normalized spacial score (nSPS) is 11.8. The molecule has 0 amide bonds. The van der Waals surface area contributed by atoms with E-state index >= 15 is 0 Å². The molecule has 5 nitrogen and oxygen atoms in total. The fraction of sp³-hybridized carbons (Fsp3) is 0. The average molecular weight is 238 g/mol. The maximum Gasteiger partial charge on any atom is 0.298 e. The number of nitrogens with two attached hydrogens (primary N) is 2. The number of anilines is 2. The zero-order valence-electron chi connectivity index (χ0n) is 8.21. The monoisotopic (exact) mass is 238 g/mol. The molecule has 6 heteroatoms. The van der Waals surface area contributed by atoms with E-state index in [9.17, 15) is 8.42 Å². The Hall–Kier alpha value is -1.79. The van der Waals surface area contributed by atoms with Gasteiger partial charge in [0.2, 0.25) is 0 Å². The highest BCUT2D eigenvalue weighted by Crippen LogP contribution is 2.32. The fourth-order valence-corrected chi connectivity index (χ4v) is 2.41. The summed E-state index contributed by atoms with van der Waals surface area (Å²) in [6.07, 6.45) is 0. The molecule has 0 heterocycles. The molecule has 0 aliphatic carbocycles. The first kappa shape index (κ1) is 10.7. The maximum atomic E-state index is 11.1. The van der Waals surface area contributed by atoms with Crippen LogP contribution >= 0.6 is 0 Å². The van der Waals surface area contributed by atoms with Crippen molar-refractivity contribution >= 4 is 32.3 Å². The molecule has 0 atom stereocenters. The molecular weight excluding hydrogens is 228 g/mol. The van der Waals surface area contributed by atoms with Crippen LogP contribution in [0.1, 0.15) is 0 Å². The molecule has 0 saturated heterocycles. The van der Waals surface area contributed by atoms with Crippen molar-refractivity contribution in [2.45, 2.75) is 4.90 Å². The van der Waals surface area contributed by atoms with E-state index in [1.54, 1.807) is 24.3 Å². The molecular formula is C10H10N2O3S. The minimum atomic E-state index is -4.41. The predicted octanol–water partition coefficient (Wildman–Crippen LogP) is 1.25. The molecule has 2 aromatic rings. The van der Waals surface area contributed by atoms with Gasteiger partial charge in [-0.05, 0) is 11.5 Å². The molecule has 2 aromatic carbocycles. The zero-order valence-corrected chi connectivity index (χ0v) is 9.03. The molecule has 16 heavy (non-hydrogen) atoms. The Kier molecular flexibility index (Phi) is 2.25. The Bertz CT molecular complexity index is 665. The summed E-state index contributed by atoms with van der Waals surface area (Å²) >= 11 is 0. The van der Waals surface area contributed by atoms with E-state index in [2.05, 4.69) is 0 Å². The van der Waals surface area contributed by atoms with E-state index in [1.807, 2.05) is 0 Å². The largest absolute Gasteiger partial charge is 0.398 e. The van der Waals surface area contributed by atoms with Gasteiger partial charge in [0.05, 0.1) is 11.4 Å². The molecule has 2 rings (SSSR count). The molecule has 84 valence electrons. The second kappa shape index (κ2) is 3.36. The summed E-state index contributed by atoms with van der Waals surface area (Å²) in [6, 6.07) is 8.40. The Morgan fingerprint density at radius 2 is 1.75 bits per heavy atom. The van der Waals surface area contributed by atoms with Gasteiger partial charge in [0.1, 0.15) is 4.90 Å². The quantitative estimate of drug-likeness (QED) is 0.512. The first-order valence-corrected chi connectivity index (χ1v) is 5.89. The van der Waals surface area contributed by atoms with Gasteiger partial charge in [-0.25, -0.2) is 0 Å². The van der Waals surface area contributed by atoms with Gasteiger partial charge in [0, 0.05) is 5.39 Å². The van der Waals surface area contributed by atoms with E-state index in [-0.39, 0.29) is 11.4 Å². The lowest BCUT2D eigenvalue weighted by Gasteiger charge is -2.09. The van der Waals surface area contributed by atoms with Gasteiger partial charge in [0.25, 0.3) is 10.1 Å². The van der Waals surface area contributed by atoms with Crippen molar-refractivity contribution in [3.63, 3.8) is 0 Å². The van der Waals surface area contributed by atoms with Crippen LogP contribution in [0.25, 0.3) is 10.8 Å². The average Bonchev–Trinajstić information content (AvgIpc) is 2.15. The Labute approximate surface area is 92.4 Å². The second-order valence-electron chi connectivity index (χ2n) is 3.40. The number of benzene rings is 2. The van der Waals surface area contributed by atoms with E-state index in [0.29, 0.717) is 5.39 Å². The zero-order chi connectivity index (χ0) is 11.9. The van der Waals surface area contributed by atoms with Crippen molar-refractivity contribution in [3.05, 3.63) is 30.3 Å². The van der Waals surface area contributed by atoms with Crippen LogP contribution in [-0.4, -0.2) is 13.0 Å². The topological polar surface area (TPSA) is 106 Å². The van der Waals surface area contributed by atoms with Crippen molar-refractivity contribution < 1.29 is 13.0 Å². The predicted molar refractivity (Wildman–Crippen MR) is 62.6 cm³/mol. The Morgan fingerprint density at radius 1 is 1.12 bits per heavy atom. The number of rotatable bonds is 1. The van der Waals surface area contributed by atoms with Crippen molar-refractivity contribution in [3.8, 4) is 0 Å². The van der Waals surface area contributed by atoms with E-state index in [1.165, 1.54) is 6.07 Å². The van der Waals surface area contributed by atoms with Crippen LogP contribution in [0.2, 0.25) is 0 Å². The number of nitrogen functional groups attached to an aromatic ring is 2. The fourth-order valence-electron chi connectivity index (χ4n) is 1.67. The summed E-state index contributed by atoms with van der Waals surface area (Å²) in [5.74, 6) is 0. The van der Waals surface area contributed by atoms with Gasteiger partial charge in [-0.1, -0.05) is 24.3 Å². The van der Waals surface area contributed by atoms with Crippen LogP contribution in [0, 0.1) is 0 Å². The first-order chi connectivity index (χ1) is 7.41. The van der Waals surface area contributed by atoms with Gasteiger partial charge in [-0.15, -0.1) is 0 Å². The molecule has 0 saturated carbocycles. The van der Waals surface area contributed by atoms with Gasteiger partial charge in [-0.2, -0.15) is 8.42 Å². The molecule has 0 radical (unpaired) electrons. The second-order valence-corrected chi connectivity index (χ2v) is 4.76. The third-order valence-corrected chi connectivity index (χ3v) is 3.30. The highest BCUT2D eigenvalue weighted by molar-refractivity contribution is 7.86. The lowest BCUT2D eigenvalue weighted by Crippen LogP contribution is -2.07. The molecule has 0 aliphatic heterocycles. The van der Waals surface area contributed by atoms with Crippen molar-refractivity contribution in [1.82, 2.24) is 0 Å². The van der Waals surface area contributed by atoms with Crippen molar-refractivity contribution in [2.24, 2.45) is 0 Å². The van der Waals surface area contributed by atoms with Crippen LogP contribution in [0.15, 0.2) is 35.2 Å². The lowest BCUT2D eigenvalue weighted by molar-refractivity contribution is 0.484. The molecule has 0 aromatic heterocycles. The molecule has 5 N–H and O–H groups in total. The minimum absolute atomic E-state index is 0.0295. The van der Waals surface area contributed by atoms with E-state index < -0.39 is 15.0 Å². The molecule has 0 fully saturated rings. The van der Waals surface area contributed by atoms with Gasteiger partial charge in [0.15, 0.2) is 0 Å². The standard InChI is InChI=1S/C10H10N2O3S/c11-8-5-6-3-1-2-4-7(6)9(12)10(8)16(13,14)15/h1-5H,11-12H2,(H,13,14,15). The summed E-state index contributed by atoms with van der Waals surface area (Å²) in [7, 11) is -4.41. The number of hydrogen-bond acceptors (Lipinski definition) is 4. The van der Waals surface area contributed by atoms with Crippen LogP contribution in [0.4, 0.5) is 11.4 Å². The minimum Gasteiger partial charge on any atom is -0.398 e. The third-order valence-electron chi connectivity index (χ3n) is 2.33. The summed E-state index contributed by atoms with van der Waals surface area (Å²) in [5.41, 5.74) is 11.2. The summed E-state index contributed by atoms with van der Waals surface area (Å²) in [4.78, 5) is -0.425. The van der Waals surface area contributed by atoms with Crippen molar-refractivity contribution in [1.29, 1.82) is 0 Å². The highest BCUT2D eigenvalue weighted by Gasteiger charge is 2.19. The Morgan fingerprint density at radius 3 is 2.38 bits per heavy atom.